The molecule has 14 aromatic rings. The van der Waals surface area contributed by atoms with E-state index < -0.39 is 0 Å². The van der Waals surface area contributed by atoms with E-state index >= 15 is 0 Å². The number of hydrogen-bond donors (Lipinski definition) is 0. The van der Waals surface area contributed by atoms with E-state index in [1.807, 2.05) is 12.1 Å². The van der Waals surface area contributed by atoms with Crippen molar-refractivity contribution in [2.24, 2.45) is 0 Å². The molecule has 288 valence electrons. The zero-order chi connectivity index (χ0) is 40.5. The summed E-state index contributed by atoms with van der Waals surface area (Å²) in [6.45, 7) is 0. The molecule has 62 heavy (non-hydrogen) atoms. The highest BCUT2D eigenvalue weighted by Gasteiger charge is 2.26. The molecule has 0 atom stereocenters. The highest BCUT2D eigenvalue weighted by Crippen LogP contribution is 2.45. The minimum Gasteiger partial charge on any atom is -0.456 e. The number of furan rings is 1. The Morgan fingerprint density at radius 1 is 0.387 bits per heavy atom. The smallest absolute Gasteiger partial charge is 0.238 e. The first kappa shape index (κ1) is 33.7. The monoisotopic (exact) mass is 809 g/mol. The average molecular weight is 810 g/mol. The van der Waals surface area contributed by atoms with Gasteiger partial charge >= 0.3 is 0 Å². The molecule has 0 aliphatic rings. The molecule has 7 heteroatoms. The normalized spacial score (nSPS) is 12.2. The van der Waals surface area contributed by atoms with Gasteiger partial charge in [0, 0.05) is 58.2 Å². The second kappa shape index (κ2) is 12.7. The summed E-state index contributed by atoms with van der Waals surface area (Å²) in [6, 6.07) is 66.6. The zero-order valence-corrected chi connectivity index (χ0v) is 33.8. The van der Waals surface area contributed by atoms with Crippen LogP contribution in [0, 0.1) is 0 Å². The van der Waals surface area contributed by atoms with Gasteiger partial charge in [0.2, 0.25) is 5.95 Å². The first-order chi connectivity index (χ1) is 30.7. The fraction of sp³-hybridized carbons (Fsp3) is 0. The summed E-state index contributed by atoms with van der Waals surface area (Å²) >= 11 is 1.78. The predicted molar refractivity (Wildman–Crippen MR) is 257 cm³/mol. The van der Waals surface area contributed by atoms with E-state index in [4.69, 9.17) is 19.4 Å². The molecule has 14 rings (SSSR count). The summed E-state index contributed by atoms with van der Waals surface area (Å²) in [7, 11) is 0. The second-order valence-electron chi connectivity index (χ2n) is 15.9. The summed E-state index contributed by atoms with van der Waals surface area (Å²) in [5.41, 5.74) is 8.65. The Morgan fingerprint density at radius 3 is 1.73 bits per heavy atom. The van der Waals surface area contributed by atoms with E-state index in [-0.39, 0.29) is 0 Å². The lowest BCUT2D eigenvalue weighted by molar-refractivity contribution is 0.669. The first-order valence-corrected chi connectivity index (χ1v) is 21.6. The number of thiophene rings is 1. The minimum absolute atomic E-state index is 0.553. The molecule has 0 saturated heterocycles. The van der Waals surface area contributed by atoms with Gasteiger partial charge < -0.3 is 8.98 Å². The molecule has 6 nitrogen and oxygen atoms in total. The molecule has 5 aromatic heterocycles. The Morgan fingerprint density at radius 2 is 0.968 bits per heavy atom. The molecule has 0 fully saturated rings. The van der Waals surface area contributed by atoms with Gasteiger partial charge in [0.25, 0.3) is 0 Å². The summed E-state index contributed by atoms with van der Waals surface area (Å²) < 4.78 is 13.6. The summed E-state index contributed by atoms with van der Waals surface area (Å²) in [4.78, 5) is 16.5. The maximum atomic E-state index is 6.66. The van der Waals surface area contributed by atoms with Gasteiger partial charge in [-0.1, -0.05) is 127 Å². The van der Waals surface area contributed by atoms with Crippen molar-refractivity contribution in [3.63, 3.8) is 0 Å². The third-order valence-corrected chi connectivity index (χ3v) is 13.8. The van der Waals surface area contributed by atoms with Crippen LogP contribution in [0.3, 0.4) is 0 Å². The topological polar surface area (TPSA) is 61.7 Å². The number of rotatable bonds is 4. The third-order valence-electron chi connectivity index (χ3n) is 12.6. The summed E-state index contributed by atoms with van der Waals surface area (Å²) in [6.07, 6.45) is 0. The number of para-hydroxylation sites is 4. The van der Waals surface area contributed by atoms with Crippen molar-refractivity contribution in [2.75, 3.05) is 0 Å². The second-order valence-corrected chi connectivity index (χ2v) is 17.0. The number of hydrogen-bond acceptors (Lipinski definition) is 5. The van der Waals surface area contributed by atoms with E-state index in [1.165, 1.54) is 37.0 Å². The molecule has 9 aromatic carbocycles. The van der Waals surface area contributed by atoms with Crippen molar-refractivity contribution in [1.29, 1.82) is 0 Å². The Labute approximate surface area is 357 Å². The average Bonchev–Trinajstić information content (AvgIpc) is 4.08. The van der Waals surface area contributed by atoms with Gasteiger partial charge in [-0.25, -0.2) is 4.98 Å². The maximum Gasteiger partial charge on any atom is 0.238 e. The van der Waals surface area contributed by atoms with Crippen molar-refractivity contribution in [3.8, 4) is 34.4 Å². The molecule has 0 unspecified atom stereocenters. The fourth-order valence-corrected chi connectivity index (χ4v) is 11.1. The summed E-state index contributed by atoms with van der Waals surface area (Å²) in [5.74, 6) is 1.73. The lowest BCUT2D eigenvalue weighted by Gasteiger charge is -2.17. The fourth-order valence-electron chi connectivity index (χ4n) is 9.87. The molecule has 0 aliphatic heterocycles. The van der Waals surface area contributed by atoms with E-state index in [1.54, 1.807) is 11.3 Å². The van der Waals surface area contributed by atoms with Crippen molar-refractivity contribution < 1.29 is 4.42 Å². The van der Waals surface area contributed by atoms with E-state index in [0.29, 0.717) is 17.6 Å². The number of benzene rings is 9. The first-order valence-electron chi connectivity index (χ1n) is 20.8. The Balaban J connectivity index is 1.15. The highest BCUT2D eigenvalue weighted by molar-refractivity contribution is 7.26. The number of nitrogens with zero attached hydrogens (tertiary/aromatic N) is 5. The van der Waals surface area contributed by atoms with E-state index in [0.717, 1.165) is 76.3 Å². The van der Waals surface area contributed by atoms with Crippen LogP contribution in [-0.4, -0.2) is 24.1 Å². The van der Waals surface area contributed by atoms with Crippen LogP contribution in [0.25, 0.3) is 131 Å². The predicted octanol–water partition coefficient (Wildman–Crippen LogP) is 14.8. The van der Waals surface area contributed by atoms with Gasteiger partial charge in [-0.3, -0.25) is 4.57 Å². The quantitative estimate of drug-likeness (QED) is 0.178. The minimum atomic E-state index is 0.553. The van der Waals surface area contributed by atoms with Crippen molar-refractivity contribution in [2.45, 2.75) is 0 Å². The molecule has 0 saturated carbocycles. The van der Waals surface area contributed by atoms with Crippen LogP contribution in [0.5, 0.6) is 0 Å². The van der Waals surface area contributed by atoms with Gasteiger partial charge in [-0.15, -0.1) is 11.3 Å². The van der Waals surface area contributed by atoms with Gasteiger partial charge in [0.05, 0.1) is 33.1 Å². The van der Waals surface area contributed by atoms with Crippen molar-refractivity contribution in [3.05, 3.63) is 188 Å². The van der Waals surface area contributed by atoms with Crippen LogP contribution in [-0.2, 0) is 0 Å². The van der Waals surface area contributed by atoms with Gasteiger partial charge in [-0.05, 0) is 71.4 Å². The van der Waals surface area contributed by atoms with Crippen LogP contribution in [0.4, 0.5) is 0 Å². The van der Waals surface area contributed by atoms with Gasteiger partial charge in [0.1, 0.15) is 11.2 Å². The lowest BCUT2D eigenvalue weighted by Crippen LogP contribution is -2.08. The van der Waals surface area contributed by atoms with Gasteiger partial charge in [-0.2, -0.15) is 9.97 Å². The van der Waals surface area contributed by atoms with Crippen LogP contribution in [0.15, 0.2) is 192 Å². The summed E-state index contributed by atoms with van der Waals surface area (Å²) in [5, 5.41) is 11.4. The zero-order valence-electron chi connectivity index (χ0n) is 33.0. The highest BCUT2D eigenvalue weighted by atomic mass is 32.1. The number of fused-ring (bicyclic) bond motifs is 13. The maximum absolute atomic E-state index is 6.66. The standard InChI is InChI=1S/C55H31N5OS/c1-2-15-33-31-46-42(30-32(33)14-1)36-18-5-8-23-43(36)59(46)51-40(28-29-48-50(51)39-20-6-11-26-47(39)61-48)53-56-54(41-22-13-21-38-37-19-7-12-27-49(37)62-52(38)41)58-55(57-53)60-44-24-9-3-16-34(44)35-17-4-10-25-45(35)60/h1-31H. The van der Waals surface area contributed by atoms with Crippen LogP contribution in [0.2, 0.25) is 0 Å². The van der Waals surface area contributed by atoms with Crippen molar-refractivity contribution in [1.82, 2.24) is 24.1 Å². The van der Waals surface area contributed by atoms with Crippen LogP contribution in [0.1, 0.15) is 0 Å². The largest absolute Gasteiger partial charge is 0.456 e. The number of aromatic nitrogens is 5. The Hall–Kier alpha value is -8.13. The molecular formula is C55H31N5OS. The SMILES string of the molecule is c1ccc2cc3c(cc2c1)c1ccccc1n3-c1c(-c2nc(-c3cccc4c3sc3ccccc34)nc(-n3c4ccccc4c4ccccc43)n2)ccc2oc3ccccc3c12. The van der Waals surface area contributed by atoms with E-state index in [9.17, 15) is 0 Å². The van der Waals surface area contributed by atoms with Crippen LogP contribution >= 0.6 is 11.3 Å². The molecule has 5 heterocycles. The molecule has 0 bridgehead atoms. The van der Waals surface area contributed by atoms with Gasteiger partial charge in [0.15, 0.2) is 11.6 Å². The Kier molecular flexibility index (Phi) is 6.89. The van der Waals surface area contributed by atoms with Crippen molar-refractivity contribution >= 4 is 108 Å². The molecule has 0 radical (unpaired) electrons. The molecule has 0 amide bonds. The molecule has 0 N–H and O–H groups in total. The Bertz CT molecular complexity index is 4130. The van der Waals surface area contributed by atoms with Crippen LogP contribution < -0.4 is 0 Å². The molecule has 0 spiro atoms. The third kappa shape index (κ3) is 4.71. The molecule has 0 aliphatic carbocycles. The molecular weight excluding hydrogens is 779 g/mol. The lowest BCUT2D eigenvalue weighted by atomic mass is 10.0. The van der Waals surface area contributed by atoms with E-state index in [2.05, 4.69) is 185 Å².